The first kappa shape index (κ1) is 13.0. The second-order valence-electron chi connectivity index (χ2n) is 4.43. The topological polar surface area (TPSA) is 39.1 Å². The zero-order chi connectivity index (χ0) is 12.1. The summed E-state index contributed by atoms with van der Waals surface area (Å²) in [7, 11) is 1.94. The molecule has 1 rings (SSSR count). The van der Waals surface area contributed by atoms with Gasteiger partial charge < -0.3 is 10.1 Å². The highest BCUT2D eigenvalue weighted by molar-refractivity contribution is 5.31. The molecule has 1 heterocycles. The second-order valence-corrected chi connectivity index (χ2v) is 4.43. The predicted molar refractivity (Wildman–Crippen MR) is 65.9 cm³/mol. The van der Waals surface area contributed by atoms with Crippen LogP contribution in [0, 0.1) is 13.8 Å². The van der Waals surface area contributed by atoms with Crippen LogP contribution in [0.2, 0.25) is 0 Å². The van der Waals surface area contributed by atoms with Gasteiger partial charge in [0.25, 0.3) is 0 Å². The van der Waals surface area contributed by atoms with Crippen molar-refractivity contribution in [3.8, 4) is 5.75 Å². The van der Waals surface area contributed by atoms with Crippen molar-refractivity contribution < 1.29 is 4.74 Å². The summed E-state index contributed by atoms with van der Waals surface area (Å²) < 4.78 is 7.61. The van der Waals surface area contributed by atoms with Crippen LogP contribution in [0.1, 0.15) is 31.7 Å². The van der Waals surface area contributed by atoms with Gasteiger partial charge in [-0.3, -0.25) is 4.68 Å². The van der Waals surface area contributed by atoms with Crippen molar-refractivity contribution in [3.63, 3.8) is 0 Å². The first-order valence-corrected chi connectivity index (χ1v) is 5.88. The van der Waals surface area contributed by atoms with Crippen LogP contribution in [0.3, 0.4) is 0 Å². The van der Waals surface area contributed by atoms with Crippen LogP contribution < -0.4 is 10.1 Å². The molecule has 4 nitrogen and oxygen atoms in total. The Hall–Kier alpha value is -1.03. The normalized spacial score (nSPS) is 11.1. The molecule has 0 saturated heterocycles. The highest BCUT2D eigenvalue weighted by atomic mass is 16.5. The van der Waals surface area contributed by atoms with E-state index in [-0.39, 0.29) is 0 Å². The lowest BCUT2D eigenvalue weighted by atomic mass is 10.3. The molecule has 0 amide bonds. The van der Waals surface area contributed by atoms with Crippen LogP contribution >= 0.6 is 0 Å². The maximum atomic E-state index is 5.75. The van der Waals surface area contributed by atoms with E-state index < -0.39 is 0 Å². The van der Waals surface area contributed by atoms with Crippen molar-refractivity contribution in [1.29, 1.82) is 0 Å². The number of aromatic nitrogens is 2. The Morgan fingerprint density at radius 2 is 2.06 bits per heavy atom. The Balaban J connectivity index is 2.32. The summed E-state index contributed by atoms with van der Waals surface area (Å²) in [4.78, 5) is 0. The van der Waals surface area contributed by atoms with Gasteiger partial charge in [-0.25, -0.2) is 0 Å². The van der Waals surface area contributed by atoms with Crippen LogP contribution in [0.25, 0.3) is 0 Å². The van der Waals surface area contributed by atoms with Gasteiger partial charge in [0.1, 0.15) is 5.69 Å². The lowest BCUT2D eigenvalue weighted by Crippen LogP contribution is -2.24. The molecule has 0 aromatic carbocycles. The number of rotatable bonds is 6. The van der Waals surface area contributed by atoms with Crippen molar-refractivity contribution in [2.24, 2.45) is 7.05 Å². The summed E-state index contributed by atoms with van der Waals surface area (Å²) in [6.07, 6.45) is 1.02. The molecule has 0 aliphatic heterocycles. The smallest absolute Gasteiger partial charge is 0.162 e. The van der Waals surface area contributed by atoms with Crippen LogP contribution in [-0.4, -0.2) is 29.0 Å². The molecule has 1 aromatic heterocycles. The summed E-state index contributed by atoms with van der Waals surface area (Å²) in [6, 6.07) is 0.543. The van der Waals surface area contributed by atoms with E-state index in [1.165, 1.54) is 0 Å². The fourth-order valence-electron chi connectivity index (χ4n) is 1.60. The largest absolute Gasteiger partial charge is 0.490 e. The van der Waals surface area contributed by atoms with E-state index >= 15 is 0 Å². The fourth-order valence-corrected chi connectivity index (χ4v) is 1.60. The van der Waals surface area contributed by atoms with E-state index in [0.29, 0.717) is 6.04 Å². The molecule has 16 heavy (non-hydrogen) atoms. The second kappa shape index (κ2) is 5.89. The number of aryl methyl sites for hydroxylation is 2. The third kappa shape index (κ3) is 3.52. The molecule has 4 heteroatoms. The van der Waals surface area contributed by atoms with E-state index in [2.05, 4.69) is 24.3 Å². The van der Waals surface area contributed by atoms with Gasteiger partial charge in [0, 0.05) is 13.1 Å². The average Bonchev–Trinajstić information content (AvgIpc) is 2.43. The van der Waals surface area contributed by atoms with Gasteiger partial charge in [0.15, 0.2) is 5.75 Å². The summed E-state index contributed by atoms with van der Waals surface area (Å²) in [5.74, 6) is 0.937. The lowest BCUT2D eigenvalue weighted by molar-refractivity contribution is 0.302. The van der Waals surface area contributed by atoms with Gasteiger partial charge in [-0.1, -0.05) is 13.8 Å². The summed E-state index contributed by atoms with van der Waals surface area (Å²) in [5, 5.41) is 7.68. The minimum absolute atomic E-state index is 0.543. The molecule has 0 atom stereocenters. The zero-order valence-electron chi connectivity index (χ0n) is 11.0. The van der Waals surface area contributed by atoms with Gasteiger partial charge in [-0.05, 0) is 26.8 Å². The average molecular weight is 225 g/mol. The quantitative estimate of drug-likeness (QED) is 0.750. The van der Waals surface area contributed by atoms with Crippen molar-refractivity contribution >= 4 is 0 Å². The molecule has 92 valence electrons. The number of nitrogens with one attached hydrogen (secondary N) is 1. The Morgan fingerprint density at radius 1 is 1.38 bits per heavy atom. The van der Waals surface area contributed by atoms with Crippen LogP contribution in [-0.2, 0) is 7.05 Å². The Kier molecular flexibility index (Phi) is 4.80. The van der Waals surface area contributed by atoms with Crippen molar-refractivity contribution in [1.82, 2.24) is 15.1 Å². The first-order chi connectivity index (χ1) is 7.52. The molecular formula is C12H23N3O. The molecule has 0 unspecified atom stereocenters. The van der Waals surface area contributed by atoms with Crippen LogP contribution in [0.15, 0.2) is 0 Å². The molecule has 0 saturated carbocycles. The molecular weight excluding hydrogens is 202 g/mol. The van der Waals surface area contributed by atoms with Crippen molar-refractivity contribution in [2.75, 3.05) is 13.2 Å². The monoisotopic (exact) mass is 225 g/mol. The first-order valence-electron chi connectivity index (χ1n) is 5.88. The van der Waals surface area contributed by atoms with Crippen LogP contribution in [0.4, 0.5) is 0 Å². The molecule has 0 bridgehead atoms. The van der Waals surface area contributed by atoms with Crippen molar-refractivity contribution in [2.45, 2.75) is 40.2 Å². The zero-order valence-corrected chi connectivity index (χ0v) is 11.0. The van der Waals surface area contributed by atoms with E-state index in [0.717, 1.165) is 36.7 Å². The Morgan fingerprint density at radius 3 is 2.56 bits per heavy atom. The van der Waals surface area contributed by atoms with Gasteiger partial charge >= 0.3 is 0 Å². The molecule has 0 fully saturated rings. The lowest BCUT2D eigenvalue weighted by Gasteiger charge is -2.09. The maximum absolute atomic E-state index is 5.75. The summed E-state index contributed by atoms with van der Waals surface area (Å²) in [5.41, 5.74) is 2.06. The molecule has 0 spiro atoms. The molecule has 0 radical (unpaired) electrons. The number of ether oxygens (including phenoxy) is 1. The highest BCUT2D eigenvalue weighted by Crippen LogP contribution is 2.21. The standard InChI is InChI=1S/C12H23N3O/c1-9(2)13-7-6-8-16-12-10(3)14-15(5)11(12)4/h9,13H,6-8H2,1-5H3. The molecule has 1 N–H and O–H groups in total. The predicted octanol–water partition coefficient (Wildman–Crippen LogP) is 1.80. The van der Waals surface area contributed by atoms with Crippen molar-refractivity contribution in [3.05, 3.63) is 11.4 Å². The van der Waals surface area contributed by atoms with Crippen LogP contribution in [0.5, 0.6) is 5.75 Å². The Labute approximate surface area is 98.0 Å². The number of hydrogen-bond donors (Lipinski definition) is 1. The maximum Gasteiger partial charge on any atom is 0.162 e. The number of hydrogen-bond acceptors (Lipinski definition) is 3. The van der Waals surface area contributed by atoms with E-state index in [1.807, 2.05) is 25.6 Å². The Bertz CT molecular complexity index is 331. The van der Waals surface area contributed by atoms with Gasteiger partial charge in [0.05, 0.1) is 12.3 Å². The van der Waals surface area contributed by atoms with E-state index in [4.69, 9.17) is 4.74 Å². The minimum Gasteiger partial charge on any atom is -0.490 e. The summed E-state index contributed by atoms with van der Waals surface area (Å²) >= 11 is 0. The van der Waals surface area contributed by atoms with Gasteiger partial charge in [-0.15, -0.1) is 0 Å². The molecule has 1 aromatic rings. The fraction of sp³-hybridized carbons (Fsp3) is 0.750. The van der Waals surface area contributed by atoms with Gasteiger partial charge in [-0.2, -0.15) is 5.10 Å². The third-order valence-electron chi connectivity index (χ3n) is 2.56. The minimum atomic E-state index is 0.543. The third-order valence-corrected chi connectivity index (χ3v) is 2.56. The number of nitrogens with zero attached hydrogens (tertiary/aromatic N) is 2. The van der Waals surface area contributed by atoms with Gasteiger partial charge in [0.2, 0.25) is 0 Å². The highest BCUT2D eigenvalue weighted by Gasteiger charge is 2.09. The summed E-state index contributed by atoms with van der Waals surface area (Å²) in [6.45, 7) is 10.0. The SMILES string of the molecule is Cc1nn(C)c(C)c1OCCCNC(C)C. The molecule has 0 aliphatic rings. The molecule has 0 aliphatic carbocycles. The van der Waals surface area contributed by atoms with E-state index in [1.54, 1.807) is 0 Å². The van der Waals surface area contributed by atoms with E-state index in [9.17, 15) is 0 Å².